The first-order chi connectivity index (χ1) is 8.97. The van der Waals surface area contributed by atoms with Crippen LogP contribution in [0.1, 0.15) is 41.6 Å². The Morgan fingerprint density at radius 2 is 2.00 bits per heavy atom. The maximum atomic E-state index is 11.9. The molecular formula is C16H19NOS. The molecular weight excluding hydrogens is 254 g/mol. The van der Waals surface area contributed by atoms with Gasteiger partial charge in [0.15, 0.2) is 0 Å². The van der Waals surface area contributed by atoms with Gasteiger partial charge in [0.25, 0.3) is 5.91 Å². The standard InChI is InChI=1S/C16H19NOS/c1-16(2,3)13-7-4-6-12(10-13)11-17-15(18)14-8-5-9-19-14/h4-10H,11H2,1-3H3,(H,17,18). The Bertz CT molecular complexity index is 552. The highest BCUT2D eigenvalue weighted by molar-refractivity contribution is 7.12. The molecule has 0 spiro atoms. The molecule has 0 atom stereocenters. The Labute approximate surface area is 118 Å². The second-order valence-corrected chi connectivity index (χ2v) is 6.56. The van der Waals surface area contributed by atoms with Gasteiger partial charge in [-0.2, -0.15) is 0 Å². The second kappa shape index (κ2) is 5.57. The molecule has 2 rings (SSSR count). The zero-order chi connectivity index (χ0) is 13.9. The third kappa shape index (κ3) is 3.67. The maximum absolute atomic E-state index is 11.9. The lowest BCUT2D eigenvalue weighted by molar-refractivity contribution is 0.0955. The zero-order valence-electron chi connectivity index (χ0n) is 11.6. The van der Waals surface area contributed by atoms with E-state index in [9.17, 15) is 4.79 Å². The molecule has 19 heavy (non-hydrogen) atoms. The summed E-state index contributed by atoms with van der Waals surface area (Å²) < 4.78 is 0. The van der Waals surface area contributed by atoms with Crippen LogP contribution >= 0.6 is 11.3 Å². The summed E-state index contributed by atoms with van der Waals surface area (Å²) in [6.45, 7) is 7.14. The average molecular weight is 273 g/mol. The summed E-state index contributed by atoms with van der Waals surface area (Å²) in [7, 11) is 0. The van der Waals surface area contributed by atoms with Crippen molar-refractivity contribution >= 4 is 17.2 Å². The fraction of sp³-hybridized carbons (Fsp3) is 0.312. The van der Waals surface area contributed by atoms with E-state index in [1.807, 2.05) is 29.6 Å². The highest BCUT2D eigenvalue weighted by Crippen LogP contribution is 2.22. The number of thiophene rings is 1. The average Bonchev–Trinajstić information content (AvgIpc) is 2.89. The molecule has 0 saturated heterocycles. The Hall–Kier alpha value is -1.61. The molecule has 0 fully saturated rings. The normalized spacial score (nSPS) is 11.3. The summed E-state index contributed by atoms with van der Waals surface area (Å²) >= 11 is 1.46. The first-order valence-corrected chi connectivity index (χ1v) is 7.26. The van der Waals surface area contributed by atoms with Gasteiger partial charge in [0, 0.05) is 6.54 Å². The molecule has 0 radical (unpaired) electrons. The Morgan fingerprint density at radius 3 is 2.63 bits per heavy atom. The molecule has 100 valence electrons. The number of carbonyl (C=O) groups is 1. The molecule has 0 bridgehead atoms. The minimum absolute atomic E-state index is 0.00355. The lowest BCUT2D eigenvalue weighted by Gasteiger charge is -2.19. The molecule has 0 aliphatic heterocycles. The Morgan fingerprint density at radius 1 is 1.21 bits per heavy atom. The quantitative estimate of drug-likeness (QED) is 0.900. The van der Waals surface area contributed by atoms with E-state index in [2.05, 4.69) is 38.2 Å². The predicted molar refractivity (Wildman–Crippen MR) is 80.6 cm³/mol. The van der Waals surface area contributed by atoms with Gasteiger partial charge in [-0.05, 0) is 28.0 Å². The number of rotatable bonds is 3. The number of hydrogen-bond acceptors (Lipinski definition) is 2. The van der Waals surface area contributed by atoms with E-state index >= 15 is 0 Å². The molecule has 0 aliphatic rings. The number of carbonyl (C=O) groups excluding carboxylic acids is 1. The molecule has 2 nitrogen and oxygen atoms in total. The van der Waals surface area contributed by atoms with E-state index in [4.69, 9.17) is 0 Å². The molecule has 3 heteroatoms. The van der Waals surface area contributed by atoms with E-state index in [0.29, 0.717) is 6.54 Å². The number of nitrogens with one attached hydrogen (secondary N) is 1. The largest absolute Gasteiger partial charge is 0.347 e. The fourth-order valence-electron chi connectivity index (χ4n) is 1.83. The molecule has 0 saturated carbocycles. The third-order valence-corrected chi connectivity index (χ3v) is 3.86. The van der Waals surface area contributed by atoms with Crippen LogP contribution in [0.4, 0.5) is 0 Å². The van der Waals surface area contributed by atoms with Gasteiger partial charge in [0.2, 0.25) is 0 Å². The van der Waals surface area contributed by atoms with Crippen LogP contribution in [0.2, 0.25) is 0 Å². The van der Waals surface area contributed by atoms with Crippen molar-refractivity contribution in [2.75, 3.05) is 0 Å². The molecule has 1 heterocycles. The lowest BCUT2D eigenvalue weighted by atomic mass is 9.86. The van der Waals surface area contributed by atoms with Crippen LogP contribution in [-0.2, 0) is 12.0 Å². The molecule has 1 N–H and O–H groups in total. The minimum atomic E-state index is -0.00355. The monoisotopic (exact) mass is 273 g/mol. The van der Waals surface area contributed by atoms with Crippen molar-refractivity contribution in [3.63, 3.8) is 0 Å². The topological polar surface area (TPSA) is 29.1 Å². The highest BCUT2D eigenvalue weighted by Gasteiger charge is 2.13. The van der Waals surface area contributed by atoms with Crippen LogP contribution in [0.25, 0.3) is 0 Å². The molecule has 1 aromatic carbocycles. The van der Waals surface area contributed by atoms with Crippen LogP contribution in [0.3, 0.4) is 0 Å². The molecule has 0 unspecified atom stereocenters. The first kappa shape index (κ1) is 13.8. The summed E-state index contributed by atoms with van der Waals surface area (Å²) in [5, 5.41) is 4.86. The van der Waals surface area contributed by atoms with Crippen LogP contribution < -0.4 is 5.32 Å². The van der Waals surface area contributed by atoms with Crippen LogP contribution in [0.5, 0.6) is 0 Å². The Kier molecular flexibility index (Phi) is 4.05. The lowest BCUT2D eigenvalue weighted by Crippen LogP contribution is -2.22. The summed E-state index contributed by atoms with van der Waals surface area (Å²) in [5.74, 6) is -0.00355. The summed E-state index contributed by atoms with van der Waals surface area (Å²) in [5.41, 5.74) is 2.56. The SMILES string of the molecule is CC(C)(C)c1cccc(CNC(=O)c2cccs2)c1. The van der Waals surface area contributed by atoms with Crippen LogP contribution in [0.15, 0.2) is 41.8 Å². The van der Waals surface area contributed by atoms with Gasteiger partial charge in [0.05, 0.1) is 4.88 Å². The van der Waals surface area contributed by atoms with E-state index in [1.54, 1.807) is 0 Å². The number of benzene rings is 1. The van der Waals surface area contributed by atoms with E-state index in [-0.39, 0.29) is 11.3 Å². The van der Waals surface area contributed by atoms with Gasteiger partial charge in [-0.25, -0.2) is 0 Å². The summed E-state index contributed by atoms with van der Waals surface area (Å²) in [6, 6.07) is 12.1. The first-order valence-electron chi connectivity index (χ1n) is 6.38. The van der Waals surface area contributed by atoms with Crippen molar-refractivity contribution in [2.45, 2.75) is 32.7 Å². The van der Waals surface area contributed by atoms with Gasteiger partial charge in [-0.3, -0.25) is 4.79 Å². The van der Waals surface area contributed by atoms with Crippen molar-refractivity contribution < 1.29 is 4.79 Å². The minimum Gasteiger partial charge on any atom is -0.347 e. The number of amides is 1. The van der Waals surface area contributed by atoms with Gasteiger partial charge in [0.1, 0.15) is 0 Å². The molecule has 2 aromatic rings. The van der Waals surface area contributed by atoms with Gasteiger partial charge < -0.3 is 5.32 Å². The van der Waals surface area contributed by atoms with Gasteiger partial charge in [-0.15, -0.1) is 11.3 Å². The van der Waals surface area contributed by atoms with Crippen molar-refractivity contribution in [1.82, 2.24) is 5.32 Å². The summed E-state index contributed by atoms with van der Waals surface area (Å²) in [6.07, 6.45) is 0. The third-order valence-electron chi connectivity index (χ3n) is 2.99. The van der Waals surface area contributed by atoms with Crippen molar-refractivity contribution in [1.29, 1.82) is 0 Å². The molecule has 1 aromatic heterocycles. The predicted octanol–water partition coefficient (Wildman–Crippen LogP) is 3.98. The fourth-order valence-corrected chi connectivity index (χ4v) is 2.47. The van der Waals surface area contributed by atoms with Crippen molar-refractivity contribution in [3.8, 4) is 0 Å². The smallest absolute Gasteiger partial charge is 0.261 e. The maximum Gasteiger partial charge on any atom is 0.261 e. The number of hydrogen-bond donors (Lipinski definition) is 1. The second-order valence-electron chi connectivity index (χ2n) is 5.61. The Balaban J connectivity index is 2.02. The molecule has 1 amide bonds. The van der Waals surface area contributed by atoms with Crippen molar-refractivity contribution in [2.24, 2.45) is 0 Å². The van der Waals surface area contributed by atoms with Crippen LogP contribution in [-0.4, -0.2) is 5.91 Å². The van der Waals surface area contributed by atoms with Crippen molar-refractivity contribution in [3.05, 3.63) is 57.8 Å². The highest BCUT2D eigenvalue weighted by atomic mass is 32.1. The van der Waals surface area contributed by atoms with Crippen LogP contribution in [0, 0.1) is 0 Å². The van der Waals surface area contributed by atoms with E-state index in [1.165, 1.54) is 16.9 Å². The van der Waals surface area contributed by atoms with E-state index < -0.39 is 0 Å². The van der Waals surface area contributed by atoms with E-state index in [0.717, 1.165) is 10.4 Å². The van der Waals surface area contributed by atoms with Gasteiger partial charge in [-0.1, -0.05) is 51.1 Å². The van der Waals surface area contributed by atoms with Gasteiger partial charge >= 0.3 is 0 Å². The zero-order valence-corrected chi connectivity index (χ0v) is 12.4. The molecule has 0 aliphatic carbocycles. The summed E-state index contributed by atoms with van der Waals surface area (Å²) in [4.78, 5) is 12.6.